The molecule has 0 saturated carbocycles. The smallest absolute Gasteiger partial charge is 0.0225 e. The Morgan fingerprint density at radius 2 is 2.07 bits per heavy atom. The summed E-state index contributed by atoms with van der Waals surface area (Å²) < 4.78 is 0. The summed E-state index contributed by atoms with van der Waals surface area (Å²) in [7, 11) is 0. The molecule has 1 rings (SSSR count). The van der Waals surface area contributed by atoms with Gasteiger partial charge in [0.05, 0.1) is 0 Å². The molecule has 0 spiro atoms. The van der Waals surface area contributed by atoms with Crippen LogP contribution in [0.3, 0.4) is 0 Å². The van der Waals surface area contributed by atoms with Gasteiger partial charge in [-0.15, -0.1) is 0 Å². The highest BCUT2D eigenvalue weighted by atomic mass is 14.0. The van der Waals surface area contributed by atoms with Gasteiger partial charge in [-0.25, -0.2) is 0 Å². The van der Waals surface area contributed by atoms with Crippen LogP contribution in [0.25, 0.3) is 6.08 Å². The standard InChI is InChI=1S/C14H18/c1-3-5-9-13-11-7-8-12-14(13)10-6-4-2/h3,5,7-9,11-12H,1,4,6,10H2,2H3/b9-5+. The zero-order chi connectivity index (χ0) is 10.2. The molecule has 1 aromatic carbocycles. The normalized spacial score (nSPS) is 10.6. The van der Waals surface area contributed by atoms with Crippen molar-refractivity contribution in [3.05, 3.63) is 54.1 Å². The number of aryl methyl sites for hydroxylation is 1. The summed E-state index contributed by atoms with van der Waals surface area (Å²) in [5.41, 5.74) is 2.76. The first-order valence-corrected chi connectivity index (χ1v) is 5.25. The minimum absolute atomic E-state index is 1.17. The lowest BCUT2D eigenvalue weighted by Gasteiger charge is -2.04. The van der Waals surface area contributed by atoms with Gasteiger partial charge in [0, 0.05) is 0 Å². The second-order valence-electron chi connectivity index (χ2n) is 3.40. The number of allylic oxidation sites excluding steroid dienone is 2. The van der Waals surface area contributed by atoms with Crippen molar-refractivity contribution in [3.8, 4) is 0 Å². The van der Waals surface area contributed by atoms with Gasteiger partial charge < -0.3 is 0 Å². The molecular weight excluding hydrogens is 168 g/mol. The summed E-state index contributed by atoms with van der Waals surface area (Å²) in [6.07, 6.45) is 9.62. The van der Waals surface area contributed by atoms with Gasteiger partial charge in [0.1, 0.15) is 0 Å². The van der Waals surface area contributed by atoms with E-state index in [1.165, 1.54) is 30.4 Å². The Labute approximate surface area is 87.0 Å². The van der Waals surface area contributed by atoms with Crippen molar-refractivity contribution < 1.29 is 0 Å². The van der Waals surface area contributed by atoms with Crippen molar-refractivity contribution in [1.82, 2.24) is 0 Å². The van der Waals surface area contributed by atoms with Crippen LogP contribution >= 0.6 is 0 Å². The summed E-state index contributed by atoms with van der Waals surface area (Å²) >= 11 is 0. The molecule has 0 heteroatoms. The number of hydrogen-bond acceptors (Lipinski definition) is 0. The number of unbranched alkanes of at least 4 members (excludes halogenated alkanes) is 1. The summed E-state index contributed by atoms with van der Waals surface area (Å²) in [6.45, 7) is 5.91. The third kappa shape index (κ3) is 3.21. The fraction of sp³-hybridized carbons (Fsp3) is 0.286. The van der Waals surface area contributed by atoms with Crippen molar-refractivity contribution in [1.29, 1.82) is 0 Å². The molecule has 0 aliphatic rings. The molecule has 0 fully saturated rings. The van der Waals surface area contributed by atoms with E-state index < -0.39 is 0 Å². The third-order valence-corrected chi connectivity index (χ3v) is 2.27. The Kier molecular flexibility index (Phi) is 4.77. The molecular formula is C14H18. The van der Waals surface area contributed by atoms with E-state index in [0.717, 1.165) is 0 Å². The second-order valence-corrected chi connectivity index (χ2v) is 3.40. The molecule has 0 radical (unpaired) electrons. The Bertz CT molecular complexity index is 308. The Hall–Kier alpha value is -1.30. The molecule has 0 saturated heterocycles. The summed E-state index contributed by atoms with van der Waals surface area (Å²) in [6, 6.07) is 8.55. The van der Waals surface area contributed by atoms with Crippen LogP contribution in [0.4, 0.5) is 0 Å². The molecule has 0 N–H and O–H groups in total. The largest absolute Gasteiger partial charge is 0.0991 e. The van der Waals surface area contributed by atoms with Crippen LogP contribution in [-0.2, 0) is 6.42 Å². The van der Waals surface area contributed by atoms with Crippen LogP contribution in [0.5, 0.6) is 0 Å². The maximum Gasteiger partial charge on any atom is -0.0225 e. The summed E-state index contributed by atoms with van der Waals surface area (Å²) in [4.78, 5) is 0. The van der Waals surface area contributed by atoms with Crippen LogP contribution in [0.1, 0.15) is 30.9 Å². The predicted molar refractivity (Wildman–Crippen MR) is 64.3 cm³/mol. The van der Waals surface area contributed by atoms with Gasteiger partial charge >= 0.3 is 0 Å². The topological polar surface area (TPSA) is 0 Å². The van der Waals surface area contributed by atoms with E-state index in [0.29, 0.717) is 0 Å². The van der Waals surface area contributed by atoms with Gasteiger partial charge in [0.15, 0.2) is 0 Å². The average Bonchev–Trinajstić information content (AvgIpc) is 2.24. The first kappa shape index (κ1) is 10.8. The molecule has 0 aromatic heterocycles. The molecule has 0 nitrogen and oxygen atoms in total. The second kappa shape index (κ2) is 6.20. The summed E-state index contributed by atoms with van der Waals surface area (Å²) in [5, 5.41) is 0. The zero-order valence-corrected chi connectivity index (χ0v) is 8.87. The molecule has 14 heavy (non-hydrogen) atoms. The van der Waals surface area contributed by atoms with Crippen molar-refractivity contribution in [2.24, 2.45) is 0 Å². The van der Waals surface area contributed by atoms with Crippen LogP contribution in [0.2, 0.25) is 0 Å². The minimum Gasteiger partial charge on any atom is -0.0991 e. The molecule has 0 bridgehead atoms. The first-order chi connectivity index (χ1) is 6.88. The highest BCUT2D eigenvalue weighted by Gasteiger charge is 1.96. The fourth-order valence-corrected chi connectivity index (χ4v) is 1.46. The molecule has 0 unspecified atom stereocenters. The Morgan fingerprint density at radius 1 is 1.29 bits per heavy atom. The minimum atomic E-state index is 1.17. The Balaban J connectivity index is 2.79. The van der Waals surface area contributed by atoms with Gasteiger partial charge in [-0.3, -0.25) is 0 Å². The van der Waals surface area contributed by atoms with E-state index in [9.17, 15) is 0 Å². The Morgan fingerprint density at radius 3 is 2.79 bits per heavy atom. The molecule has 0 atom stereocenters. The lowest BCUT2D eigenvalue weighted by molar-refractivity contribution is 0.794. The molecule has 0 aliphatic carbocycles. The maximum absolute atomic E-state index is 3.68. The van der Waals surface area contributed by atoms with Crippen LogP contribution in [0, 0.1) is 0 Å². The van der Waals surface area contributed by atoms with E-state index >= 15 is 0 Å². The maximum atomic E-state index is 3.68. The van der Waals surface area contributed by atoms with Crippen molar-refractivity contribution in [2.45, 2.75) is 26.2 Å². The van der Waals surface area contributed by atoms with Gasteiger partial charge in [-0.05, 0) is 24.0 Å². The quantitative estimate of drug-likeness (QED) is 0.604. The number of rotatable bonds is 5. The molecule has 0 heterocycles. The SMILES string of the molecule is C=C/C=C/c1ccccc1CCCC. The monoisotopic (exact) mass is 186 g/mol. The molecule has 0 aliphatic heterocycles. The van der Waals surface area contributed by atoms with Gasteiger partial charge in [0.2, 0.25) is 0 Å². The first-order valence-electron chi connectivity index (χ1n) is 5.25. The highest BCUT2D eigenvalue weighted by Crippen LogP contribution is 2.13. The molecule has 1 aromatic rings. The van der Waals surface area contributed by atoms with Crippen molar-refractivity contribution >= 4 is 6.08 Å². The van der Waals surface area contributed by atoms with Gasteiger partial charge in [-0.2, -0.15) is 0 Å². The van der Waals surface area contributed by atoms with E-state index in [-0.39, 0.29) is 0 Å². The van der Waals surface area contributed by atoms with Crippen molar-refractivity contribution in [3.63, 3.8) is 0 Å². The van der Waals surface area contributed by atoms with Gasteiger partial charge in [0.25, 0.3) is 0 Å². The highest BCUT2D eigenvalue weighted by molar-refractivity contribution is 5.55. The zero-order valence-electron chi connectivity index (χ0n) is 8.87. The lowest BCUT2D eigenvalue weighted by atomic mass is 10.0. The van der Waals surface area contributed by atoms with Gasteiger partial charge in [-0.1, -0.05) is 62.4 Å². The van der Waals surface area contributed by atoms with E-state index in [2.05, 4.69) is 43.8 Å². The van der Waals surface area contributed by atoms with Crippen LogP contribution < -0.4 is 0 Å². The lowest BCUT2D eigenvalue weighted by Crippen LogP contribution is -1.88. The predicted octanol–water partition coefficient (Wildman–Crippen LogP) is 4.23. The number of hydrogen-bond donors (Lipinski definition) is 0. The van der Waals surface area contributed by atoms with E-state index in [1.54, 1.807) is 0 Å². The molecule has 0 amide bonds. The van der Waals surface area contributed by atoms with E-state index in [1.807, 2.05) is 12.2 Å². The average molecular weight is 186 g/mol. The summed E-state index contributed by atoms with van der Waals surface area (Å²) in [5.74, 6) is 0. The number of benzene rings is 1. The van der Waals surface area contributed by atoms with Crippen LogP contribution in [0.15, 0.2) is 43.0 Å². The van der Waals surface area contributed by atoms with Crippen molar-refractivity contribution in [2.75, 3.05) is 0 Å². The third-order valence-electron chi connectivity index (χ3n) is 2.27. The van der Waals surface area contributed by atoms with Crippen LogP contribution in [-0.4, -0.2) is 0 Å². The van der Waals surface area contributed by atoms with E-state index in [4.69, 9.17) is 0 Å². The molecule has 74 valence electrons. The fourth-order valence-electron chi connectivity index (χ4n) is 1.46.